The predicted octanol–water partition coefficient (Wildman–Crippen LogP) is 4.65. The lowest BCUT2D eigenvalue weighted by Crippen LogP contribution is -2.39. The predicted molar refractivity (Wildman–Crippen MR) is 113 cm³/mol. The van der Waals surface area contributed by atoms with E-state index in [2.05, 4.69) is 5.32 Å². The summed E-state index contributed by atoms with van der Waals surface area (Å²) in [5.74, 6) is 0.749. The molecular weight excluding hydrogens is 352 g/mol. The van der Waals surface area contributed by atoms with Crippen LogP contribution < -0.4 is 10.1 Å². The van der Waals surface area contributed by atoms with E-state index in [1.165, 1.54) is 0 Å². The average Bonchev–Trinajstić information content (AvgIpc) is 2.69. The molecule has 0 aliphatic heterocycles. The van der Waals surface area contributed by atoms with E-state index in [0.717, 1.165) is 27.8 Å². The highest BCUT2D eigenvalue weighted by Crippen LogP contribution is 2.24. The quantitative estimate of drug-likeness (QED) is 0.629. The number of fused-ring (bicyclic) bond motifs is 1. The molecule has 1 unspecified atom stereocenters. The molecule has 28 heavy (non-hydrogen) atoms. The van der Waals surface area contributed by atoms with Crippen molar-refractivity contribution < 1.29 is 14.6 Å². The third-order valence-electron chi connectivity index (χ3n) is 4.44. The number of hydrogen-bond acceptors (Lipinski definition) is 3. The highest BCUT2D eigenvalue weighted by molar-refractivity contribution is 6.01. The highest BCUT2D eigenvalue weighted by Gasteiger charge is 2.19. The summed E-state index contributed by atoms with van der Waals surface area (Å²) in [5.41, 5.74) is 1.65. The molecule has 0 saturated heterocycles. The minimum atomic E-state index is -0.641. The van der Waals surface area contributed by atoms with Gasteiger partial charge in [0.1, 0.15) is 5.75 Å². The van der Waals surface area contributed by atoms with Crippen LogP contribution in [0.4, 0.5) is 10.5 Å². The van der Waals surface area contributed by atoms with Crippen LogP contribution in [0, 0.1) is 0 Å². The number of amides is 2. The smallest absolute Gasteiger partial charge is 0.322 e. The van der Waals surface area contributed by atoms with Crippen molar-refractivity contribution in [3.05, 3.63) is 72.3 Å². The summed E-state index contributed by atoms with van der Waals surface area (Å²) in [7, 11) is 0. The van der Waals surface area contributed by atoms with Crippen LogP contribution in [0.5, 0.6) is 5.75 Å². The lowest BCUT2D eigenvalue weighted by molar-refractivity contribution is 0.135. The Bertz CT molecular complexity index is 935. The van der Waals surface area contributed by atoms with E-state index in [0.29, 0.717) is 13.2 Å². The number of carbonyl (C=O) groups is 1. The Morgan fingerprint density at radius 3 is 2.57 bits per heavy atom. The van der Waals surface area contributed by atoms with Gasteiger partial charge in [-0.25, -0.2) is 4.79 Å². The number of hydrogen-bond donors (Lipinski definition) is 2. The van der Waals surface area contributed by atoms with Gasteiger partial charge in [-0.05, 0) is 31.4 Å². The maximum Gasteiger partial charge on any atom is 0.322 e. The molecule has 146 valence electrons. The lowest BCUT2D eigenvalue weighted by atomic mass is 10.1. The average molecular weight is 378 g/mol. The monoisotopic (exact) mass is 378 g/mol. The van der Waals surface area contributed by atoms with Crippen molar-refractivity contribution in [3.8, 4) is 5.75 Å². The van der Waals surface area contributed by atoms with E-state index in [4.69, 9.17) is 4.74 Å². The van der Waals surface area contributed by atoms with Crippen LogP contribution >= 0.6 is 0 Å². The minimum Gasteiger partial charge on any atom is -0.494 e. The van der Waals surface area contributed by atoms with Gasteiger partial charge in [0.05, 0.1) is 24.9 Å². The van der Waals surface area contributed by atoms with Crippen LogP contribution in [0.3, 0.4) is 0 Å². The van der Waals surface area contributed by atoms with E-state index in [1.807, 2.05) is 73.7 Å². The van der Waals surface area contributed by atoms with E-state index in [9.17, 15) is 9.90 Å². The van der Waals surface area contributed by atoms with Crippen molar-refractivity contribution in [2.75, 3.05) is 18.5 Å². The number of aliphatic hydroxyl groups is 1. The fourth-order valence-corrected chi connectivity index (χ4v) is 3.20. The van der Waals surface area contributed by atoms with Gasteiger partial charge >= 0.3 is 6.03 Å². The second-order valence-electron chi connectivity index (χ2n) is 6.73. The Morgan fingerprint density at radius 1 is 1.07 bits per heavy atom. The molecule has 3 aromatic rings. The first kappa shape index (κ1) is 19.7. The third-order valence-corrected chi connectivity index (χ3v) is 4.44. The molecule has 0 spiro atoms. The maximum absolute atomic E-state index is 13.0. The first-order valence-corrected chi connectivity index (χ1v) is 9.51. The molecule has 0 bridgehead atoms. The van der Waals surface area contributed by atoms with Crippen molar-refractivity contribution >= 4 is 22.5 Å². The van der Waals surface area contributed by atoms with Gasteiger partial charge in [0, 0.05) is 17.5 Å². The molecule has 2 amide bonds. The first-order chi connectivity index (χ1) is 13.6. The normalized spacial score (nSPS) is 11.8. The number of carbonyl (C=O) groups excluding carboxylic acids is 1. The topological polar surface area (TPSA) is 61.8 Å². The number of rotatable bonds is 7. The summed E-state index contributed by atoms with van der Waals surface area (Å²) >= 11 is 0. The SMILES string of the molecule is CCOc1ccccc1CN(CC(C)O)C(=O)Nc1cccc2ccccc12. The second-order valence-corrected chi connectivity index (χ2v) is 6.73. The van der Waals surface area contributed by atoms with Crippen molar-refractivity contribution in [2.45, 2.75) is 26.5 Å². The molecule has 5 nitrogen and oxygen atoms in total. The summed E-state index contributed by atoms with van der Waals surface area (Å²) in [4.78, 5) is 14.6. The minimum absolute atomic E-state index is 0.219. The molecule has 3 aromatic carbocycles. The Kier molecular flexibility index (Phi) is 6.50. The Morgan fingerprint density at radius 2 is 1.79 bits per heavy atom. The van der Waals surface area contributed by atoms with E-state index in [-0.39, 0.29) is 12.6 Å². The summed E-state index contributed by atoms with van der Waals surface area (Å²) in [6.07, 6.45) is -0.641. The number of para-hydroxylation sites is 1. The van der Waals surface area contributed by atoms with Gasteiger partial charge in [-0.1, -0.05) is 54.6 Å². The maximum atomic E-state index is 13.0. The Labute approximate surface area is 165 Å². The fourth-order valence-electron chi connectivity index (χ4n) is 3.20. The van der Waals surface area contributed by atoms with E-state index in [1.54, 1.807) is 11.8 Å². The number of aliphatic hydroxyl groups excluding tert-OH is 1. The highest BCUT2D eigenvalue weighted by atomic mass is 16.5. The van der Waals surface area contributed by atoms with Crippen LogP contribution in [0.1, 0.15) is 19.4 Å². The summed E-state index contributed by atoms with van der Waals surface area (Å²) in [6, 6.07) is 21.1. The van der Waals surface area contributed by atoms with Crippen LogP contribution in [0.2, 0.25) is 0 Å². The van der Waals surface area contributed by atoms with Gasteiger partial charge in [0.2, 0.25) is 0 Å². The molecule has 2 N–H and O–H groups in total. The molecule has 1 atom stereocenters. The second kappa shape index (κ2) is 9.24. The van der Waals surface area contributed by atoms with Crippen molar-refractivity contribution in [1.82, 2.24) is 4.90 Å². The number of benzene rings is 3. The Hall–Kier alpha value is -3.05. The molecule has 0 aliphatic carbocycles. The zero-order valence-corrected chi connectivity index (χ0v) is 16.3. The molecule has 0 saturated carbocycles. The number of anilines is 1. The van der Waals surface area contributed by atoms with Gasteiger partial charge in [-0.2, -0.15) is 0 Å². The van der Waals surface area contributed by atoms with Gasteiger partial charge in [0.15, 0.2) is 0 Å². The molecule has 0 heterocycles. The number of ether oxygens (including phenoxy) is 1. The van der Waals surface area contributed by atoms with Crippen LogP contribution in [-0.4, -0.2) is 35.3 Å². The van der Waals surface area contributed by atoms with Crippen molar-refractivity contribution in [1.29, 1.82) is 0 Å². The van der Waals surface area contributed by atoms with E-state index >= 15 is 0 Å². The zero-order chi connectivity index (χ0) is 19.9. The van der Waals surface area contributed by atoms with Crippen LogP contribution in [0.15, 0.2) is 66.7 Å². The number of nitrogens with zero attached hydrogens (tertiary/aromatic N) is 1. The van der Waals surface area contributed by atoms with Gasteiger partial charge in [0.25, 0.3) is 0 Å². The summed E-state index contributed by atoms with van der Waals surface area (Å²) < 4.78 is 5.68. The molecular formula is C23H26N2O3. The molecule has 5 heteroatoms. The Balaban J connectivity index is 1.84. The molecule has 0 aromatic heterocycles. The summed E-state index contributed by atoms with van der Waals surface area (Å²) in [5, 5.41) is 14.9. The number of urea groups is 1. The van der Waals surface area contributed by atoms with E-state index < -0.39 is 6.10 Å². The largest absolute Gasteiger partial charge is 0.494 e. The van der Waals surface area contributed by atoms with Gasteiger partial charge in [-0.15, -0.1) is 0 Å². The molecule has 0 radical (unpaired) electrons. The summed E-state index contributed by atoms with van der Waals surface area (Å²) in [6.45, 7) is 4.72. The fraction of sp³-hybridized carbons (Fsp3) is 0.261. The first-order valence-electron chi connectivity index (χ1n) is 9.51. The molecule has 0 aliphatic rings. The molecule has 0 fully saturated rings. The zero-order valence-electron chi connectivity index (χ0n) is 16.3. The van der Waals surface area contributed by atoms with Gasteiger partial charge < -0.3 is 20.1 Å². The third kappa shape index (κ3) is 4.81. The van der Waals surface area contributed by atoms with Crippen molar-refractivity contribution in [3.63, 3.8) is 0 Å². The standard InChI is InChI=1S/C23H26N2O3/c1-3-28-22-14-7-5-10-19(22)16-25(15-17(2)26)23(27)24-21-13-8-11-18-9-4-6-12-20(18)21/h4-14,17,26H,3,15-16H2,1-2H3,(H,24,27). The lowest BCUT2D eigenvalue weighted by Gasteiger charge is -2.25. The molecule has 3 rings (SSSR count). The number of nitrogens with one attached hydrogen (secondary N) is 1. The van der Waals surface area contributed by atoms with Crippen LogP contribution in [-0.2, 0) is 6.54 Å². The van der Waals surface area contributed by atoms with Crippen molar-refractivity contribution in [2.24, 2.45) is 0 Å². The van der Waals surface area contributed by atoms with Gasteiger partial charge in [-0.3, -0.25) is 0 Å². The van der Waals surface area contributed by atoms with Crippen LogP contribution in [0.25, 0.3) is 10.8 Å².